The lowest BCUT2D eigenvalue weighted by Crippen LogP contribution is -2.19. The Balaban J connectivity index is 1.63. The van der Waals surface area contributed by atoms with Gasteiger partial charge in [-0.25, -0.2) is 13.2 Å². The molecule has 2 N–H and O–H groups in total. The molecule has 1 amide bonds. The molecule has 0 fully saturated rings. The van der Waals surface area contributed by atoms with Gasteiger partial charge in [0, 0.05) is 31.0 Å². The van der Waals surface area contributed by atoms with E-state index in [1.54, 1.807) is 63.5 Å². The van der Waals surface area contributed by atoms with Gasteiger partial charge in [0.05, 0.1) is 15.9 Å². The molecular formula is C24H24N4O4S. The highest BCUT2D eigenvalue weighted by Gasteiger charge is 2.19. The second-order valence-corrected chi connectivity index (χ2v) is 9.69. The summed E-state index contributed by atoms with van der Waals surface area (Å²) in [5.74, 6) is -0.444. The molecule has 0 saturated carbocycles. The third kappa shape index (κ3) is 4.27. The van der Waals surface area contributed by atoms with E-state index in [-0.39, 0.29) is 16.1 Å². The van der Waals surface area contributed by atoms with Gasteiger partial charge in [0.15, 0.2) is 0 Å². The summed E-state index contributed by atoms with van der Waals surface area (Å²) >= 11 is 0. The third-order valence-corrected chi connectivity index (χ3v) is 6.94. The van der Waals surface area contributed by atoms with Crippen LogP contribution < -0.4 is 15.7 Å². The number of benzene rings is 3. The van der Waals surface area contributed by atoms with Crippen LogP contribution in [-0.2, 0) is 24.1 Å². The molecule has 1 aromatic heterocycles. The number of nitrogens with one attached hydrogen (secondary N) is 2. The van der Waals surface area contributed by atoms with Gasteiger partial charge >= 0.3 is 5.69 Å². The molecular weight excluding hydrogens is 440 g/mol. The molecule has 0 saturated heterocycles. The maximum atomic E-state index is 13.0. The van der Waals surface area contributed by atoms with Gasteiger partial charge in [-0.05, 0) is 67.4 Å². The molecule has 33 heavy (non-hydrogen) atoms. The average Bonchev–Trinajstić information content (AvgIpc) is 2.97. The van der Waals surface area contributed by atoms with Crippen LogP contribution in [0.15, 0.2) is 70.4 Å². The fourth-order valence-corrected chi connectivity index (χ4v) is 4.79. The minimum absolute atomic E-state index is 0.0133. The van der Waals surface area contributed by atoms with E-state index in [2.05, 4.69) is 10.0 Å². The van der Waals surface area contributed by atoms with Crippen molar-refractivity contribution in [2.45, 2.75) is 18.7 Å². The Labute approximate surface area is 191 Å². The van der Waals surface area contributed by atoms with E-state index in [0.29, 0.717) is 22.5 Å². The molecule has 0 aliphatic rings. The number of nitrogens with zero attached hydrogens (tertiary/aromatic N) is 2. The second kappa shape index (κ2) is 8.25. The van der Waals surface area contributed by atoms with Crippen LogP contribution in [0.1, 0.15) is 21.5 Å². The van der Waals surface area contributed by atoms with Gasteiger partial charge in [-0.1, -0.05) is 18.2 Å². The first kappa shape index (κ1) is 22.3. The molecule has 0 aliphatic heterocycles. The summed E-state index contributed by atoms with van der Waals surface area (Å²) in [6.07, 6.45) is 0. The number of anilines is 2. The highest BCUT2D eigenvalue weighted by Crippen LogP contribution is 2.22. The van der Waals surface area contributed by atoms with Crippen LogP contribution in [0.25, 0.3) is 11.0 Å². The summed E-state index contributed by atoms with van der Waals surface area (Å²) in [6, 6.07) is 16.6. The van der Waals surface area contributed by atoms with Crippen molar-refractivity contribution in [2.24, 2.45) is 14.1 Å². The summed E-state index contributed by atoms with van der Waals surface area (Å²) in [4.78, 5) is 25.1. The smallest absolute Gasteiger partial charge is 0.322 e. The summed E-state index contributed by atoms with van der Waals surface area (Å²) in [5, 5.41) is 2.80. The maximum Gasteiger partial charge on any atom is 0.328 e. The lowest BCUT2D eigenvalue weighted by Gasteiger charge is -2.12. The van der Waals surface area contributed by atoms with E-state index in [9.17, 15) is 18.0 Å². The molecule has 170 valence electrons. The number of fused-ring (bicyclic) bond motifs is 1. The number of rotatable bonds is 5. The summed E-state index contributed by atoms with van der Waals surface area (Å²) < 4.78 is 31.4. The number of sulfonamides is 1. The SMILES string of the molecule is Cc1cccc(NS(=O)(=O)c2ccc(C)c(C(=O)Nc3ccc4c(c3)n(C)c(=O)n4C)c2)c1. The lowest BCUT2D eigenvalue weighted by atomic mass is 10.1. The molecule has 0 radical (unpaired) electrons. The quantitative estimate of drug-likeness (QED) is 0.472. The number of aryl methyl sites for hydroxylation is 4. The number of imidazole rings is 1. The fourth-order valence-electron chi connectivity index (χ4n) is 3.72. The Morgan fingerprint density at radius 1 is 0.848 bits per heavy atom. The van der Waals surface area contributed by atoms with E-state index in [4.69, 9.17) is 0 Å². The van der Waals surface area contributed by atoms with Crippen LogP contribution in [0.2, 0.25) is 0 Å². The standard InChI is InChI=1S/C24H24N4O4S/c1-15-6-5-7-18(12-15)26-33(31,32)19-10-8-16(2)20(14-19)23(29)25-17-9-11-21-22(13-17)28(4)24(30)27(21)3/h5-14,26H,1-4H3,(H,25,29). The van der Waals surface area contributed by atoms with E-state index in [1.165, 1.54) is 21.3 Å². The first-order valence-corrected chi connectivity index (χ1v) is 11.7. The molecule has 0 atom stereocenters. The molecule has 0 aliphatic carbocycles. The van der Waals surface area contributed by atoms with Crippen molar-refractivity contribution in [3.05, 3.63) is 87.8 Å². The van der Waals surface area contributed by atoms with Gasteiger partial charge in [-0.3, -0.25) is 18.7 Å². The van der Waals surface area contributed by atoms with Crippen LogP contribution in [0, 0.1) is 13.8 Å². The number of amides is 1. The molecule has 0 unspecified atom stereocenters. The summed E-state index contributed by atoms with van der Waals surface area (Å²) in [6.45, 7) is 3.61. The Morgan fingerprint density at radius 3 is 2.30 bits per heavy atom. The summed E-state index contributed by atoms with van der Waals surface area (Å²) in [7, 11) is -0.537. The predicted molar refractivity (Wildman–Crippen MR) is 129 cm³/mol. The predicted octanol–water partition coefficient (Wildman–Crippen LogP) is 3.55. The fraction of sp³-hybridized carbons (Fsp3) is 0.167. The average molecular weight is 465 g/mol. The Bertz CT molecular complexity index is 1570. The van der Waals surface area contributed by atoms with Gasteiger partial charge < -0.3 is 5.32 Å². The van der Waals surface area contributed by atoms with E-state index < -0.39 is 15.9 Å². The van der Waals surface area contributed by atoms with Crippen LogP contribution in [-0.4, -0.2) is 23.5 Å². The number of carbonyl (C=O) groups is 1. The molecule has 1 heterocycles. The summed E-state index contributed by atoms with van der Waals surface area (Å²) in [5.41, 5.74) is 4.00. The number of hydrogen-bond acceptors (Lipinski definition) is 4. The molecule has 0 bridgehead atoms. The normalized spacial score (nSPS) is 11.5. The molecule has 3 aromatic carbocycles. The van der Waals surface area contributed by atoms with Crippen molar-refractivity contribution in [3.8, 4) is 0 Å². The number of aromatic nitrogens is 2. The molecule has 9 heteroatoms. The van der Waals surface area contributed by atoms with E-state index in [1.807, 2.05) is 13.0 Å². The highest BCUT2D eigenvalue weighted by atomic mass is 32.2. The Hall–Kier alpha value is -3.85. The van der Waals surface area contributed by atoms with Gasteiger partial charge in [0.1, 0.15) is 0 Å². The van der Waals surface area contributed by atoms with Crippen molar-refractivity contribution < 1.29 is 13.2 Å². The van der Waals surface area contributed by atoms with Gasteiger partial charge in [-0.15, -0.1) is 0 Å². The number of carbonyl (C=O) groups excluding carboxylic acids is 1. The third-order valence-electron chi connectivity index (χ3n) is 5.56. The van der Waals surface area contributed by atoms with Crippen LogP contribution >= 0.6 is 0 Å². The monoisotopic (exact) mass is 464 g/mol. The minimum Gasteiger partial charge on any atom is -0.322 e. The minimum atomic E-state index is -3.88. The first-order valence-electron chi connectivity index (χ1n) is 10.2. The molecule has 8 nitrogen and oxygen atoms in total. The Kier molecular flexibility index (Phi) is 5.59. The number of hydrogen-bond donors (Lipinski definition) is 2. The van der Waals surface area contributed by atoms with Crippen LogP contribution in [0.5, 0.6) is 0 Å². The second-order valence-electron chi connectivity index (χ2n) is 8.01. The van der Waals surface area contributed by atoms with Crippen LogP contribution in [0.4, 0.5) is 11.4 Å². The zero-order valence-electron chi connectivity index (χ0n) is 18.7. The van der Waals surface area contributed by atoms with Gasteiger partial charge in [-0.2, -0.15) is 0 Å². The van der Waals surface area contributed by atoms with E-state index >= 15 is 0 Å². The van der Waals surface area contributed by atoms with Gasteiger partial charge in [0.2, 0.25) is 0 Å². The molecule has 4 rings (SSSR count). The first-order chi connectivity index (χ1) is 15.6. The zero-order valence-corrected chi connectivity index (χ0v) is 19.5. The highest BCUT2D eigenvalue weighted by molar-refractivity contribution is 7.92. The van der Waals surface area contributed by atoms with Gasteiger partial charge in [0.25, 0.3) is 15.9 Å². The van der Waals surface area contributed by atoms with Crippen molar-refractivity contribution in [1.82, 2.24) is 9.13 Å². The van der Waals surface area contributed by atoms with Crippen LogP contribution in [0.3, 0.4) is 0 Å². The van der Waals surface area contributed by atoms with Crippen molar-refractivity contribution in [2.75, 3.05) is 10.0 Å². The zero-order chi connectivity index (χ0) is 23.9. The lowest BCUT2D eigenvalue weighted by molar-refractivity contribution is 0.102. The largest absolute Gasteiger partial charge is 0.328 e. The van der Waals surface area contributed by atoms with Crippen molar-refractivity contribution in [1.29, 1.82) is 0 Å². The van der Waals surface area contributed by atoms with E-state index in [0.717, 1.165) is 11.1 Å². The van der Waals surface area contributed by atoms with Crippen molar-refractivity contribution >= 4 is 38.3 Å². The molecule has 0 spiro atoms. The van der Waals surface area contributed by atoms with Crippen molar-refractivity contribution in [3.63, 3.8) is 0 Å². The molecule has 4 aromatic rings. The topological polar surface area (TPSA) is 102 Å². The Morgan fingerprint density at radius 2 is 1.58 bits per heavy atom. The maximum absolute atomic E-state index is 13.0.